The largest absolute Gasteiger partial charge is 0.397 e. The number of hydrogen-bond donors (Lipinski definition) is 2. The molecule has 0 amide bonds. The first-order chi connectivity index (χ1) is 8.65. The molecule has 0 spiro atoms. The zero-order valence-corrected chi connectivity index (χ0v) is 11.4. The molecule has 1 atom stereocenters. The molecule has 1 aliphatic heterocycles. The summed E-state index contributed by atoms with van der Waals surface area (Å²) in [5, 5.41) is 0. The Hall–Kier alpha value is -1.42. The van der Waals surface area contributed by atoms with Gasteiger partial charge in [0.05, 0.1) is 11.4 Å². The molecule has 18 heavy (non-hydrogen) atoms. The zero-order chi connectivity index (χ0) is 13.1. The topological polar surface area (TPSA) is 58.5 Å². The van der Waals surface area contributed by atoms with Gasteiger partial charge in [0.15, 0.2) is 0 Å². The van der Waals surface area contributed by atoms with Crippen LogP contribution in [0.2, 0.25) is 0 Å². The van der Waals surface area contributed by atoms with Crippen molar-refractivity contribution in [3.63, 3.8) is 0 Å². The van der Waals surface area contributed by atoms with Gasteiger partial charge in [-0.05, 0) is 37.7 Å². The summed E-state index contributed by atoms with van der Waals surface area (Å²) in [6.45, 7) is 8.90. The van der Waals surface area contributed by atoms with Crippen LogP contribution >= 0.6 is 0 Å². The first-order valence-electron chi connectivity index (χ1n) is 6.79. The molecule has 0 aromatic heterocycles. The third-order valence-electron chi connectivity index (χ3n) is 3.93. The van der Waals surface area contributed by atoms with Crippen LogP contribution < -0.4 is 16.4 Å². The third kappa shape index (κ3) is 2.53. The smallest absolute Gasteiger partial charge is 0.0568 e. The van der Waals surface area contributed by atoms with Crippen LogP contribution in [0, 0.1) is 0 Å². The predicted octanol–water partition coefficient (Wildman–Crippen LogP) is 1.77. The molecule has 0 radical (unpaired) electrons. The number of nitrogens with zero attached hydrogens (tertiary/aromatic N) is 2. The standard InChI is InChI=1S/C14H24N4/c1-3-17(4-2)12-7-8-18(10-12)11-5-6-13(15)14(16)9-11/h5-6,9,12H,3-4,7-8,10,15-16H2,1-2H3. The number of likely N-dealkylation sites (N-methyl/N-ethyl adjacent to an activating group) is 1. The summed E-state index contributed by atoms with van der Waals surface area (Å²) < 4.78 is 0. The molecule has 1 fully saturated rings. The molecule has 1 aromatic rings. The highest BCUT2D eigenvalue weighted by Crippen LogP contribution is 2.27. The fourth-order valence-electron chi connectivity index (χ4n) is 2.77. The van der Waals surface area contributed by atoms with Crippen LogP contribution in [-0.2, 0) is 0 Å². The van der Waals surface area contributed by atoms with Crippen LogP contribution in [0.25, 0.3) is 0 Å². The van der Waals surface area contributed by atoms with E-state index in [0.717, 1.165) is 26.2 Å². The van der Waals surface area contributed by atoms with Gasteiger partial charge in [0.1, 0.15) is 0 Å². The highest BCUT2D eigenvalue weighted by molar-refractivity contribution is 5.70. The van der Waals surface area contributed by atoms with Gasteiger partial charge in [0.2, 0.25) is 0 Å². The van der Waals surface area contributed by atoms with Gasteiger partial charge in [-0.3, -0.25) is 4.90 Å². The van der Waals surface area contributed by atoms with Crippen molar-refractivity contribution in [2.75, 3.05) is 42.5 Å². The Bertz CT molecular complexity index is 401. The fraction of sp³-hybridized carbons (Fsp3) is 0.571. The van der Waals surface area contributed by atoms with E-state index in [2.05, 4.69) is 29.7 Å². The van der Waals surface area contributed by atoms with Gasteiger partial charge in [-0.15, -0.1) is 0 Å². The number of rotatable bonds is 4. The highest BCUT2D eigenvalue weighted by Gasteiger charge is 2.26. The summed E-state index contributed by atoms with van der Waals surface area (Å²) in [6.07, 6.45) is 1.23. The molecule has 1 heterocycles. The van der Waals surface area contributed by atoms with Crippen LogP contribution in [0.1, 0.15) is 20.3 Å². The SMILES string of the molecule is CCN(CC)C1CCN(c2ccc(N)c(N)c2)C1. The van der Waals surface area contributed by atoms with Crippen LogP contribution in [0.15, 0.2) is 18.2 Å². The first kappa shape index (κ1) is 13.0. The predicted molar refractivity (Wildman–Crippen MR) is 78.8 cm³/mol. The van der Waals surface area contributed by atoms with Crippen LogP contribution in [0.5, 0.6) is 0 Å². The summed E-state index contributed by atoms with van der Waals surface area (Å²) in [5.74, 6) is 0. The van der Waals surface area contributed by atoms with Crippen molar-refractivity contribution < 1.29 is 0 Å². The highest BCUT2D eigenvalue weighted by atomic mass is 15.2. The van der Waals surface area contributed by atoms with E-state index in [9.17, 15) is 0 Å². The monoisotopic (exact) mass is 248 g/mol. The maximum Gasteiger partial charge on any atom is 0.0568 e. The normalized spacial score (nSPS) is 19.7. The number of nitrogen functional groups attached to an aromatic ring is 2. The average molecular weight is 248 g/mol. The number of nitrogens with two attached hydrogens (primary N) is 2. The molecule has 1 saturated heterocycles. The van der Waals surface area contributed by atoms with Gasteiger partial charge in [-0.1, -0.05) is 13.8 Å². The Morgan fingerprint density at radius 3 is 2.56 bits per heavy atom. The molecular formula is C14H24N4. The van der Waals surface area contributed by atoms with Crippen LogP contribution in [0.4, 0.5) is 17.1 Å². The van der Waals surface area contributed by atoms with Gasteiger partial charge >= 0.3 is 0 Å². The number of hydrogen-bond acceptors (Lipinski definition) is 4. The first-order valence-corrected chi connectivity index (χ1v) is 6.79. The van der Waals surface area contributed by atoms with Crippen LogP contribution in [0.3, 0.4) is 0 Å². The van der Waals surface area contributed by atoms with E-state index in [1.54, 1.807) is 0 Å². The molecule has 1 aromatic carbocycles. The summed E-state index contributed by atoms with van der Waals surface area (Å²) in [6, 6.07) is 6.62. The van der Waals surface area contributed by atoms with Gasteiger partial charge in [0.25, 0.3) is 0 Å². The Labute approximate surface area is 110 Å². The van der Waals surface area contributed by atoms with Crippen molar-refractivity contribution in [1.82, 2.24) is 4.90 Å². The molecule has 4 N–H and O–H groups in total. The van der Waals surface area contributed by atoms with Crippen molar-refractivity contribution in [2.24, 2.45) is 0 Å². The lowest BCUT2D eigenvalue weighted by atomic mass is 10.2. The quantitative estimate of drug-likeness (QED) is 0.797. The van der Waals surface area contributed by atoms with Crippen molar-refractivity contribution in [3.05, 3.63) is 18.2 Å². The van der Waals surface area contributed by atoms with Crippen molar-refractivity contribution in [1.29, 1.82) is 0 Å². The molecule has 0 bridgehead atoms. The molecule has 4 heteroatoms. The summed E-state index contributed by atoms with van der Waals surface area (Å²) in [4.78, 5) is 4.93. The third-order valence-corrected chi connectivity index (χ3v) is 3.93. The van der Waals surface area contributed by atoms with Gasteiger partial charge < -0.3 is 16.4 Å². The maximum absolute atomic E-state index is 5.87. The summed E-state index contributed by atoms with van der Waals surface area (Å²) in [7, 11) is 0. The Balaban J connectivity index is 2.06. The molecule has 2 rings (SSSR count). The molecule has 0 aliphatic carbocycles. The van der Waals surface area contributed by atoms with Gasteiger partial charge in [-0.2, -0.15) is 0 Å². The average Bonchev–Trinajstić information content (AvgIpc) is 2.84. The lowest BCUT2D eigenvalue weighted by Crippen LogP contribution is -2.37. The fourth-order valence-corrected chi connectivity index (χ4v) is 2.77. The van der Waals surface area contributed by atoms with E-state index in [1.165, 1.54) is 12.1 Å². The summed E-state index contributed by atoms with van der Waals surface area (Å²) in [5.41, 5.74) is 14.2. The van der Waals surface area contributed by atoms with E-state index in [1.807, 2.05) is 12.1 Å². The lowest BCUT2D eigenvalue weighted by molar-refractivity contribution is 0.232. The molecule has 100 valence electrons. The Morgan fingerprint density at radius 1 is 1.22 bits per heavy atom. The Morgan fingerprint density at radius 2 is 1.94 bits per heavy atom. The van der Waals surface area contributed by atoms with Crippen molar-refractivity contribution >= 4 is 17.1 Å². The molecule has 1 aliphatic rings. The molecular weight excluding hydrogens is 224 g/mol. The lowest BCUT2D eigenvalue weighted by Gasteiger charge is -2.26. The zero-order valence-electron chi connectivity index (χ0n) is 11.4. The van der Waals surface area contributed by atoms with E-state index in [4.69, 9.17) is 11.5 Å². The van der Waals surface area contributed by atoms with E-state index < -0.39 is 0 Å². The molecule has 1 unspecified atom stereocenters. The van der Waals surface area contributed by atoms with Crippen LogP contribution in [-0.4, -0.2) is 37.1 Å². The van der Waals surface area contributed by atoms with Crippen molar-refractivity contribution in [2.45, 2.75) is 26.3 Å². The van der Waals surface area contributed by atoms with Gasteiger partial charge in [-0.25, -0.2) is 0 Å². The van der Waals surface area contributed by atoms with E-state index >= 15 is 0 Å². The minimum absolute atomic E-state index is 0.665. The maximum atomic E-state index is 5.87. The Kier molecular flexibility index (Phi) is 3.97. The van der Waals surface area contributed by atoms with E-state index in [-0.39, 0.29) is 0 Å². The number of anilines is 3. The summed E-state index contributed by atoms with van der Waals surface area (Å²) >= 11 is 0. The molecule has 4 nitrogen and oxygen atoms in total. The second-order valence-electron chi connectivity index (χ2n) is 4.92. The molecule has 0 saturated carbocycles. The second-order valence-corrected chi connectivity index (χ2v) is 4.92. The second kappa shape index (κ2) is 5.48. The minimum Gasteiger partial charge on any atom is -0.397 e. The number of benzene rings is 1. The van der Waals surface area contributed by atoms with Crippen molar-refractivity contribution in [3.8, 4) is 0 Å². The van der Waals surface area contributed by atoms with Gasteiger partial charge in [0, 0.05) is 24.8 Å². The minimum atomic E-state index is 0.665. The van der Waals surface area contributed by atoms with E-state index in [0.29, 0.717) is 17.4 Å².